The standard InChI is InChI=1S/C49H37N11O4/c1-63-45-18-12-36(27-54-45)56-49(62)47-41-22-31(33-20-39(28-52-24-33)64-38-5-3-2-4-6-38)10-17-44(41)60(59-47)37-13-7-29(8-14-37)42-16-11-35(26-53-42)55-48(61)46-40-21-30(9-15-43(40)57-58-46)32-19-34(50)25-51-23-32/h2-27,39H,28,50H2,1H3,(H,55,61)(H,56,62)(H,57,58). The van der Waals surface area contributed by atoms with Gasteiger partial charge in [0.1, 0.15) is 11.9 Å². The van der Waals surface area contributed by atoms with E-state index in [9.17, 15) is 9.59 Å². The predicted molar refractivity (Wildman–Crippen MR) is 247 cm³/mol. The number of anilines is 3. The van der Waals surface area contributed by atoms with Gasteiger partial charge in [0.25, 0.3) is 11.8 Å². The zero-order valence-electron chi connectivity index (χ0n) is 34.1. The smallest absolute Gasteiger partial charge is 0.276 e. The van der Waals surface area contributed by atoms with Crippen molar-refractivity contribution >= 4 is 62.5 Å². The number of fused-ring (bicyclic) bond motifs is 2. The van der Waals surface area contributed by atoms with E-state index in [0.717, 1.165) is 50.3 Å². The third-order valence-electron chi connectivity index (χ3n) is 10.6. The largest absolute Gasteiger partial charge is 0.484 e. The first-order valence-corrected chi connectivity index (χ1v) is 20.2. The second-order valence-electron chi connectivity index (χ2n) is 14.9. The number of H-pyrrole nitrogens is 1. The van der Waals surface area contributed by atoms with Gasteiger partial charge in [0.2, 0.25) is 5.88 Å². The molecular formula is C49H37N11O4. The number of aromatic nitrogens is 7. The highest BCUT2D eigenvalue weighted by molar-refractivity contribution is 6.15. The molecule has 5 aromatic heterocycles. The molecule has 9 aromatic rings. The number of nitrogens with one attached hydrogen (secondary N) is 3. The molecule has 312 valence electrons. The molecule has 0 aliphatic carbocycles. The number of nitrogens with two attached hydrogens (primary N) is 1. The number of hydrogen-bond donors (Lipinski definition) is 4. The highest BCUT2D eigenvalue weighted by Crippen LogP contribution is 2.31. The number of aromatic amines is 1. The first-order chi connectivity index (χ1) is 31.3. The third-order valence-corrected chi connectivity index (χ3v) is 10.6. The minimum atomic E-state index is -0.405. The van der Waals surface area contributed by atoms with Crippen LogP contribution >= 0.6 is 0 Å². The van der Waals surface area contributed by atoms with Crippen molar-refractivity contribution in [1.82, 2.24) is 34.9 Å². The molecule has 1 unspecified atom stereocenters. The molecule has 1 aliphatic heterocycles. The molecule has 2 amide bonds. The molecule has 0 radical (unpaired) electrons. The normalized spacial score (nSPS) is 13.4. The van der Waals surface area contributed by atoms with E-state index in [1.807, 2.05) is 115 Å². The Kier molecular flexibility index (Phi) is 10.3. The van der Waals surface area contributed by atoms with Crippen LogP contribution in [-0.2, 0) is 0 Å². The SMILES string of the molecule is COc1ccc(NC(=O)c2nn(-c3ccc(-c4ccc(NC(=O)c5n[nH]c6ccc(-c7cncc(N)c7)cc56)cn4)cc3)c3ccc(C4=CC(Oc5ccccc5)CN=C4)cc23)cn1. The fraction of sp³-hybridized carbons (Fsp3) is 0.0612. The van der Waals surface area contributed by atoms with Crippen LogP contribution in [0, 0.1) is 0 Å². The van der Waals surface area contributed by atoms with Crippen LogP contribution in [0.15, 0.2) is 157 Å². The lowest BCUT2D eigenvalue weighted by Crippen LogP contribution is -2.21. The molecule has 10 rings (SSSR count). The quantitative estimate of drug-likeness (QED) is 0.0980. The summed E-state index contributed by atoms with van der Waals surface area (Å²) in [4.78, 5) is 45.0. The zero-order valence-corrected chi connectivity index (χ0v) is 34.1. The number of benzene rings is 4. The molecule has 1 atom stereocenters. The maximum Gasteiger partial charge on any atom is 0.276 e. The Bertz CT molecular complexity index is 3250. The number of nitrogens with zero attached hydrogens (tertiary/aromatic N) is 7. The lowest BCUT2D eigenvalue weighted by molar-refractivity contribution is 0.101. The monoisotopic (exact) mass is 843 g/mol. The zero-order chi connectivity index (χ0) is 43.6. The van der Waals surface area contributed by atoms with E-state index < -0.39 is 5.91 Å². The van der Waals surface area contributed by atoms with E-state index in [-0.39, 0.29) is 23.4 Å². The fourth-order valence-electron chi connectivity index (χ4n) is 7.48. The van der Waals surface area contributed by atoms with Gasteiger partial charge in [0, 0.05) is 46.6 Å². The average Bonchev–Trinajstić information content (AvgIpc) is 3.94. The van der Waals surface area contributed by atoms with Crippen LogP contribution in [-0.4, -0.2) is 72.7 Å². The Labute approximate surface area is 365 Å². The molecule has 0 saturated carbocycles. The third kappa shape index (κ3) is 7.99. The maximum atomic E-state index is 14.0. The Hall–Kier alpha value is -8.98. The van der Waals surface area contributed by atoms with Crippen LogP contribution in [0.2, 0.25) is 0 Å². The Morgan fingerprint density at radius 2 is 1.48 bits per heavy atom. The summed E-state index contributed by atoms with van der Waals surface area (Å²) in [6, 6.07) is 37.7. The van der Waals surface area contributed by atoms with Gasteiger partial charge < -0.3 is 25.8 Å². The summed E-state index contributed by atoms with van der Waals surface area (Å²) in [5.74, 6) is 0.400. The van der Waals surface area contributed by atoms with Gasteiger partial charge in [0.05, 0.1) is 65.5 Å². The molecule has 15 heteroatoms. The number of nitrogen functional groups attached to an aromatic ring is 1. The molecular weight excluding hydrogens is 807 g/mol. The Morgan fingerprint density at radius 3 is 2.23 bits per heavy atom. The number of amides is 2. The van der Waals surface area contributed by atoms with Crippen molar-refractivity contribution in [2.24, 2.45) is 4.99 Å². The van der Waals surface area contributed by atoms with Crippen LogP contribution in [0.25, 0.3) is 55.5 Å². The number of pyridine rings is 3. The van der Waals surface area contributed by atoms with Gasteiger partial charge in [-0.2, -0.15) is 10.2 Å². The first kappa shape index (κ1) is 39.2. The number of para-hydroxylation sites is 1. The van der Waals surface area contributed by atoms with Crippen LogP contribution in [0.4, 0.5) is 17.1 Å². The number of ether oxygens (including phenoxy) is 2. The molecule has 15 nitrogen and oxygen atoms in total. The van der Waals surface area contributed by atoms with Crippen molar-refractivity contribution in [3.8, 4) is 39.7 Å². The molecule has 1 aliphatic rings. The molecule has 4 aromatic carbocycles. The average molecular weight is 844 g/mol. The van der Waals surface area contributed by atoms with Crippen LogP contribution in [0.5, 0.6) is 11.6 Å². The maximum absolute atomic E-state index is 14.0. The first-order valence-electron chi connectivity index (χ1n) is 20.2. The summed E-state index contributed by atoms with van der Waals surface area (Å²) in [6.07, 6.45) is 10.0. The summed E-state index contributed by atoms with van der Waals surface area (Å²) in [5.41, 5.74) is 15.1. The molecule has 0 saturated heterocycles. The second kappa shape index (κ2) is 16.8. The van der Waals surface area contributed by atoms with Crippen molar-refractivity contribution in [3.63, 3.8) is 0 Å². The van der Waals surface area contributed by atoms with E-state index in [2.05, 4.69) is 40.8 Å². The van der Waals surface area contributed by atoms with Gasteiger partial charge >= 0.3 is 0 Å². The van der Waals surface area contributed by atoms with Crippen molar-refractivity contribution < 1.29 is 19.1 Å². The van der Waals surface area contributed by atoms with Crippen molar-refractivity contribution in [3.05, 3.63) is 169 Å². The van der Waals surface area contributed by atoms with Gasteiger partial charge in [-0.25, -0.2) is 9.67 Å². The van der Waals surface area contributed by atoms with E-state index in [4.69, 9.17) is 20.3 Å². The number of rotatable bonds is 11. The summed E-state index contributed by atoms with van der Waals surface area (Å²) < 4.78 is 13.1. The van der Waals surface area contributed by atoms with Gasteiger partial charge in [-0.05, 0) is 95.6 Å². The molecule has 0 bridgehead atoms. The van der Waals surface area contributed by atoms with E-state index in [1.165, 1.54) is 13.3 Å². The topological polar surface area (TPSA) is 200 Å². The number of dihydropyridines is 1. The summed E-state index contributed by atoms with van der Waals surface area (Å²) in [6.45, 7) is 0.490. The van der Waals surface area contributed by atoms with Gasteiger partial charge in [0.15, 0.2) is 11.4 Å². The fourth-order valence-corrected chi connectivity index (χ4v) is 7.48. The summed E-state index contributed by atoms with van der Waals surface area (Å²) in [7, 11) is 1.53. The number of aliphatic imine (C=N–C) groups is 1. The molecule has 5 N–H and O–H groups in total. The number of carbonyl (C=O) groups is 2. The van der Waals surface area contributed by atoms with Crippen LogP contribution < -0.4 is 25.8 Å². The summed E-state index contributed by atoms with van der Waals surface area (Å²) >= 11 is 0. The highest BCUT2D eigenvalue weighted by Gasteiger charge is 2.22. The molecule has 6 heterocycles. The van der Waals surface area contributed by atoms with Crippen LogP contribution in [0.3, 0.4) is 0 Å². The van der Waals surface area contributed by atoms with Crippen LogP contribution in [0.1, 0.15) is 26.5 Å². The van der Waals surface area contributed by atoms with Gasteiger partial charge in [-0.1, -0.05) is 42.5 Å². The summed E-state index contributed by atoms with van der Waals surface area (Å²) in [5, 5.41) is 19.2. The predicted octanol–water partition coefficient (Wildman–Crippen LogP) is 8.43. The number of methoxy groups -OCH3 is 1. The highest BCUT2D eigenvalue weighted by atomic mass is 16.5. The van der Waals surface area contributed by atoms with Crippen molar-refractivity contribution in [2.75, 3.05) is 30.0 Å². The molecule has 0 fully saturated rings. The van der Waals surface area contributed by atoms with E-state index in [0.29, 0.717) is 46.0 Å². The van der Waals surface area contributed by atoms with Crippen molar-refractivity contribution in [2.45, 2.75) is 6.10 Å². The number of hydrogen-bond acceptors (Lipinski definition) is 11. The molecule has 64 heavy (non-hydrogen) atoms. The minimum absolute atomic E-state index is 0.225. The second-order valence-corrected chi connectivity index (χ2v) is 14.9. The number of allylic oxidation sites excluding steroid dienone is 1. The number of carbonyl (C=O) groups excluding carboxylic acids is 2. The Morgan fingerprint density at radius 1 is 0.734 bits per heavy atom. The van der Waals surface area contributed by atoms with E-state index in [1.54, 1.807) is 41.5 Å². The molecule has 0 spiro atoms. The van der Waals surface area contributed by atoms with E-state index >= 15 is 0 Å². The minimum Gasteiger partial charge on any atom is -0.484 e. The lowest BCUT2D eigenvalue weighted by Gasteiger charge is -2.18. The van der Waals surface area contributed by atoms with Crippen molar-refractivity contribution in [1.29, 1.82) is 0 Å². The lowest BCUT2D eigenvalue weighted by atomic mass is 10.0. The van der Waals surface area contributed by atoms with Gasteiger partial charge in [-0.3, -0.25) is 29.6 Å². The Balaban J connectivity index is 0.902. The van der Waals surface area contributed by atoms with Gasteiger partial charge in [-0.15, -0.1) is 0 Å².